The van der Waals surface area contributed by atoms with Gasteiger partial charge in [0, 0.05) is 0 Å². The summed E-state index contributed by atoms with van der Waals surface area (Å²) in [5.41, 5.74) is -1.78. The van der Waals surface area contributed by atoms with E-state index in [9.17, 15) is 22.8 Å². The predicted molar refractivity (Wildman–Crippen MR) is 84.5 cm³/mol. The summed E-state index contributed by atoms with van der Waals surface area (Å²) in [7, 11) is 0. The second-order valence-electron chi connectivity index (χ2n) is 4.55. The van der Waals surface area contributed by atoms with Crippen LogP contribution in [0.15, 0.2) is 24.3 Å². The molecule has 0 radical (unpaired) electrons. The number of rotatable bonds is 4. The van der Waals surface area contributed by atoms with Crippen LogP contribution in [0.2, 0.25) is 0 Å². The van der Waals surface area contributed by atoms with E-state index in [2.05, 4.69) is 5.32 Å². The van der Waals surface area contributed by atoms with E-state index in [1.807, 2.05) is 13.8 Å². The standard InChI is InChI=1S/C15H10F3NO3.C2H6/c1-7-2-3-11(10(16)4-7)19-14-9(15(21)22)5-8(6-20)12(17)13(14)18;1-2/h2-6,19H,1H3,(H,21,22);1-2H3. The van der Waals surface area contributed by atoms with Crippen molar-refractivity contribution in [2.24, 2.45) is 0 Å². The summed E-state index contributed by atoms with van der Waals surface area (Å²) in [6, 6.07) is 4.61. The second kappa shape index (κ2) is 8.14. The lowest BCUT2D eigenvalue weighted by molar-refractivity contribution is 0.0697. The van der Waals surface area contributed by atoms with E-state index in [0.717, 1.165) is 6.07 Å². The first-order valence-electron chi connectivity index (χ1n) is 7.08. The number of carbonyl (C=O) groups is 2. The van der Waals surface area contributed by atoms with Gasteiger partial charge in [0.25, 0.3) is 0 Å². The Bertz CT molecular complexity index is 776. The summed E-state index contributed by atoms with van der Waals surface area (Å²) < 4.78 is 41.4. The van der Waals surface area contributed by atoms with Crippen LogP contribution in [-0.2, 0) is 0 Å². The molecule has 0 spiro atoms. The van der Waals surface area contributed by atoms with Gasteiger partial charge in [-0.05, 0) is 30.7 Å². The maximum atomic E-state index is 14.0. The highest BCUT2D eigenvalue weighted by atomic mass is 19.2. The number of aryl methyl sites for hydroxylation is 1. The van der Waals surface area contributed by atoms with E-state index in [-0.39, 0.29) is 12.0 Å². The quantitative estimate of drug-likeness (QED) is 0.793. The van der Waals surface area contributed by atoms with Crippen molar-refractivity contribution in [1.82, 2.24) is 0 Å². The lowest BCUT2D eigenvalue weighted by atomic mass is 10.1. The highest BCUT2D eigenvalue weighted by Gasteiger charge is 2.23. The molecule has 0 saturated heterocycles. The maximum Gasteiger partial charge on any atom is 0.337 e. The van der Waals surface area contributed by atoms with Crippen LogP contribution in [0.1, 0.15) is 40.1 Å². The van der Waals surface area contributed by atoms with Crippen LogP contribution < -0.4 is 5.32 Å². The Hall–Kier alpha value is -2.83. The molecule has 0 atom stereocenters. The number of carboxylic acids is 1. The van der Waals surface area contributed by atoms with Crippen molar-refractivity contribution in [2.45, 2.75) is 20.8 Å². The van der Waals surface area contributed by atoms with Crippen LogP contribution in [0.5, 0.6) is 0 Å². The molecule has 2 aromatic rings. The number of hydrogen-bond acceptors (Lipinski definition) is 3. The van der Waals surface area contributed by atoms with Gasteiger partial charge in [-0.15, -0.1) is 0 Å². The average molecular weight is 339 g/mol. The van der Waals surface area contributed by atoms with Crippen LogP contribution >= 0.6 is 0 Å². The van der Waals surface area contributed by atoms with Gasteiger partial charge in [0.2, 0.25) is 0 Å². The molecule has 2 aromatic carbocycles. The highest BCUT2D eigenvalue weighted by molar-refractivity contribution is 5.97. The fourth-order valence-corrected chi connectivity index (χ4v) is 1.88. The van der Waals surface area contributed by atoms with Crippen molar-refractivity contribution in [3.63, 3.8) is 0 Å². The molecule has 0 aliphatic carbocycles. The zero-order valence-corrected chi connectivity index (χ0v) is 13.3. The number of carbonyl (C=O) groups excluding carboxylic acids is 1. The number of carboxylic acid groups (broad SMARTS) is 1. The third-order valence-electron chi connectivity index (χ3n) is 2.98. The van der Waals surface area contributed by atoms with Crippen molar-refractivity contribution in [3.05, 3.63) is 58.4 Å². The van der Waals surface area contributed by atoms with Crippen LogP contribution in [0, 0.1) is 24.4 Å². The molecule has 0 fully saturated rings. The van der Waals surface area contributed by atoms with Crippen molar-refractivity contribution in [3.8, 4) is 0 Å². The fraction of sp³-hybridized carbons (Fsp3) is 0.176. The Kier molecular flexibility index (Phi) is 6.52. The summed E-state index contributed by atoms with van der Waals surface area (Å²) in [6.07, 6.45) is 0.00109. The lowest BCUT2D eigenvalue weighted by Gasteiger charge is -2.13. The van der Waals surface area contributed by atoms with Crippen LogP contribution in [0.4, 0.5) is 24.5 Å². The highest BCUT2D eigenvalue weighted by Crippen LogP contribution is 2.29. The summed E-state index contributed by atoms with van der Waals surface area (Å²) in [4.78, 5) is 21.8. The second-order valence-corrected chi connectivity index (χ2v) is 4.55. The molecule has 0 saturated carbocycles. The molecule has 0 bridgehead atoms. The van der Waals surface area contributed by atoms with Gasteiger partial charge >= 0.3 is 5.97 Å². The SMILES string of the molecule is CC.Cc1ccc(Nc2c(C(=O)O)cc(C=O)c(F)c2F)c(F)c1. The summed E-state index contributed by atoms with van der Waals surface area (Å²) >= 11 is 0. The molecule has 0 heterocycles. The van der Waals surface area contributed by atoms with Crippen molar-refractivity contribution in [1.29, 1.82) is 0 Å². The number of benzene rings is 2. The summed E-state index contributed by atoms with van der Waals surface area (Å²) in [6.45, 7) is 5.63. The van der Waals surface area contributed by atoms with Crippen molar-refractivity contribution < 1.29 is 27.9 Å². The molecule has 0 aromatic heterocycles. The van der Waals surface area contributed by atoms with Gasteiger partial charge in [0.15, 0.2) is 17.9 Å². The van der Waals surface area contributed by atoms with E-state index < -0.39 is 40.2 Å². The molecular formula is C17H16F3NO3. The van der Waals surface area contributed by atoms with Gasteiger partial charge in [-0.3, -0.25) is 4.79 Å². The Labute approximate surface area is 136 Å². The topological polar surface area (TPSA) is 66.4 Å². The van der Waals surface area contributed by atoms with Crippen molar-refractivity contribution in [2.75, 3.05) is 5.32 Å². The fourth-order valence-electron chi connectivity index (χ4n) is 1.88. The first-order valence-corrected chi connectivity index (χ1v) is 7.08. The number of aldehydes is 1. The van der Waals surface area contributed by atoms with Crippen LogP contribution in [0.3, 0.4) is 0 Å². The molecule has 0 aliphatic rings. The van der Waals surface area contributed by atoms with Crippen LogP contribution in [-0.4, -0.2) is 17.4 Å². The Balaban J connectivity index is 0.00000139. The Morgan fingerprint density at radius 3 is 2.25 bits per heavy atom. The third-order valence-corrected chi connectivity index (χ3v) is 2.98. The third kappa shape index (κ3) is 3.92. The number of aromatic carboxylic acids is 1. The summed E-state index contributed by atoms with van der Waals surface area (Å²) in [5.74, 6) is -5.41. The monoisotopic (exact) mass is 339 g/mol. The molecular weight excluding hydrogens is 323 g/mol. The first-order chi connectivity index (χ1) is 11.3. The Morgan fingerprint density at radius 2 is 1.75 bits per heavy atom. The smallest absolute Gasteiger partial charge is 0.337 e. The number of hydrogen-bond donors (Lipinski definition) is 2. The average Bonchev–Trinajstić information content (AvgIpc) is 2.56. The number of halogens is 3. The van der Waals surface area contributed by atoms with Gasteiger partial charge in [-0.2, -0.15) is 0 Å². The lowest BCUT2D eigenvalue weighted by Crippen LogP contribution is -2.10. The molecule has 7 heteroatoms. The zero-order chi connectivity index (χ0) is 18.4. The zero-order valence-electron chi connectivity index (χ0n) is 13.3. The molecule has 24 heavy (non-hydrogen) atoms. The number of nitrogens with one attached hydrogen (secondary N) is 1. The maximum absolute atomic E-state index is 14.0. The van der Waals surface area contributed by atoms with Crippen LogP contribution in [0.25, 0.3) is 0 Å². The molecule has 0 amide bonds. The minimum Gasteiger partial charge on any atom is -0.478 e. The van der Waals surface area contributed by atoms with E-state index in [1.54, 1.807) is 6.92 Å². The van der Waals surface area contributed by atoms with Gasteiger partial charge in [0.05, 0.1) is 22.5 Å². The largest absolute Gasteiger partial charge is 0.478 e. The molecule has 0 aliphatic heterocycles. The van der Waals surface area contributed by atoms with Crippen molar-refractivity contribution >= 4 is 23.6 Å². The summed E-state index contributed by atoms with van der Waals surface area (Å²) in [5, 5.41) is 11.3. The predicted octanol–water partition coefficient (Wildman–Crippen LogP) is 4.69. The molecule has 2 N–H and O–H groups in total. The van der Waals surface area contributed by atoms with Gasteiger partial charge in [0.1, 0.15) is 5.82 Å². The minimum absolute atomic E-state index is 0.00109. The molecule has 0 unspecified atom stereocenters. The molecule has 4 nitrogen and oxygen atoms in total. The molecule has 128 valence electrons. The van der Waals surface area contributed by atoms with Gasteiger partial charge in [-0.1, -0.05) is 19.9 Å². The van der Waals surface area contributed by atoms with E-state index in [4.69, 9.17) is 5.11 Å². The minimum atomic E-state index is -1.59. The number of anilines is 2. The van der Waals surface area contributed by atoms with Gasteiger partial charge in [-0.25, -0.2) is 18.0 Å². The normalized spacial score (nSPS) is 9.75. The van der Waals surface area contributed by atoms with Gasteiger partial charge < -0.3 is 10.4 Å². The first kappa shape index (κ1) is 19.2. The van der Waals surface area contributed by atoms with E-state index in [1.165, 1.54) is 12.1 Å². The van der Waals surface area contributed by atoms with E-state index in [0.29, 0.717) is 11.6 Å². The molecule has 2 rings (SSSR count). The van der Waals surface area contributed by atoms with E-state index >= 15 is 0 Å². The Morgan fingerprint density at radius 1 is 1.12 bits per heavy atom.